The van der Waals surface area contributed by atoms with Gasteiger partial charge in [-0.3, -0.25) is 0 Å². The summed E-state index contributed by atoms with van der Waals surface area (Å²) in [6.07, 6.45) is 8.02. The molecular weight excluding hydrogens is 556 g/mol. The summed E-state index contributed by atoms with van der Waals surface area (Å²) in [6, 6.07) is 0. The van der Waals surface area contributed by atoms with Crippen molar-refractivity contribution in [2.75, 3.05) is 6.61 Å². The minimum Gasteiger partial charge on any atom is -0.402 e. The van der Waals surface area contributed by atoms with Gasteiger partial charge in [0.2, 0.25) is 0 Å². The largest absolute Gasteiger partial charge is 0.402 e. The van der Waals surface area contributed by atoms with Gasteiger partial charge in [0, 0.05) is 42.1 Å². The molecule has 1 unspecified atom stereocenters. The predicted octanol–water partition coefficient (Wildman–Crippen LogP) is 3.15. The zero-order valence-electron chi connectivity index (χ0n) is 10.8. The molecule has 4 heteroatoms. The SMILES string of the molecule is C/C=C/CC.[CH2-]C1OCC=C1C.[CH2-]C=O.[W].[W]. The zero-order chi connectivity index (χ0) is 12.1. The van der Waals surface area contributed by atoms with Gasteiger partial charge >= 0.3 is 0 Å². The summed E-state index contributed by atoms with van der Waals surface area (Å²) < 4.78 is 5.06. The van der Waals surface area contributed by atoms with E-state index in [2.05, 4.69) is 39.0 Å². The van der Waals surface area contributed by atoms with Crippen molar-refractivity contribution in [3.8, 4) is 0 Å². The predicted molar refractivity (Wildman–Crippen MR) is 65.4 cm³/mol. The smallest absolute Gasteiger partial charge is 0.0622 e. The van der Waals surface area contributed by atoms with Gasteiger partial charge in [-0.25, -0.2) is 0 Å². The van der Waals surface area contributed by atoms with E-state index in [1.54, 1.807) is 0 Å². The summed E-state index contributed by atoms with van der Waals surface area (Å²) in [7, 11) is 0. The maximum Gasteiger partial charge on any atom is 0.0622 e. The molecule has 17 heavy (non-hydrogen) atoms. The third-order valence-electron chi connectivity index (χ3n) is 1.68. The fourth-order valence-corrected chi connectivity index (χ4v) is 0.794. The fourth-order valence-electron chi connectivity index (χ4n) is 0.794. The van der Waals surface area contributed by atoms with E-state index in [1.807, 2.05) is 13.8 Å². The van der Waals surface area contributed by atoms with Crippen LogP contribution in [0, 0.1) is 13.8 Å². The first-order chi connectivity index (χ1) is 7.13. The molecule has 1 aliphatic rings. The Morgan fingerprint density at radius 2 is 2.00 bits per heavy atom. The molecule has 0 spiro atoms. The summed E-state index contributed by atoms with van der Waals surface area (Å²) in [5.74, 6) is 0. The van der Waals surface area contributed by atoms with Crippen molar-refractivity contribution in [3.05, 3.63) is 37.6 Å². The van der Waals surface area contributed by atoms with Crippen LogP contribution >= 0.6 is 0 Å². The minimum absolute atomic E-state index is 0. The summed E-state index contributed by atoms with van der Waals surface area (Å²) >= 11 is 0. The normalized spacial score (nSPS) is 16.2. The summed E-state index contributed by atoms with van der Waals surface area (Å²) in [5.41, 5.74) is 1.25. The Morgan fingerprint density at radius 1 is 1.53 bits per heavy atom. The minimum atomic E-state index is 0. The van der Waals surface area contributed by atoms with Crippen LogP contribution in [-0.2, 0) is 51.7 Å². The van der Waals surface area contributed by atoms with E-state index >= 15 is 0 Å². The molecule has 0 aromatic rings. The van der Waals surface area contributed by atoms with Gasteiger partial charge in [-0.05, 0) is 32.7 Å². The molecule has 1 heterocycles. The van der Waals surface area contributed by atoms with E-state index < -0.39 is 0 Å². The Labute approximate surface area is 135 Å². The standard InChI is InChI=1S/C6H9O.C5H10.C2H3O.2W/c1-5-3-4-7-6(5)2;1-3-5-4-2;1-2-3;;/h3,6H,2,4H2,1H3;3,5H,4H2,1-2H3;2H,1H2;;/q-1;;-1;;/b;5-3+;;;. The zero-order valence-corrected chi connectivity index (χ0v) is 16.7. The first kappa shape index (κ1) is 26.0. The Hall–Kier alpha value is 0.357. The Bertz CT molecular complexity index is 202. The van der Waals surface area contributed by atoms with Gasteiger partial charge in [0.1, 0.15) is 0 Å². The molecule has 0 fully saturated rings. The van der Waals surface area contributed by atoms with Crippen molar-refractivity contribution >= 4 is 6.29 Å². The van der Waals surface area contributed by atoms with Crippen molar-refractivity contribution < 1.29 is 51.7 Å². The van der Waals surface area contributed by atoms with Crippen LogP contribution < -0.4 is 0 Å². The Kier molecular flexibility index (Phi) is 33.1. The molecule has 100 valence electrons. The van der Waals surface area contributed by atoms with E-state index in [0.717, 1.165) is 13.0 Å². The third-order valence-corrected chi connectivity index (χ3v) is 1.68. The third kappa shape index (κ3) is 22.1. The molecule has 1 aliphatic heterocycles. The molecule has 2 nitrogen and oxygen atoms in total. The van der Waals surface area contributed by atoms with Gasteiger partial charge in [0.25, 0.3) is 0 Å². The van der Waals surface area contributed by atoms with E-state index in [-0.39, 0.29) is 48.2 Å². The van der Waals surface area contributed by atoms with Crippen LogP contribution in [0.1, 0.15) is 27.2 Å². The van der Waals surface area contributed by atoms with Crippen LogP contribution in [0.5, 0.6) is 0 Å². The van der Waals surface area contributed by atoms with Gasteiger partial charge in [0.05, 0.1) is 6.61 Å². The van der Waals surface area contributed by atoms with Crippen LogP contribution in [0.2, 0.25) is 0 Å². The monoisotopic (exact) mass is 578 g/mol. The summed E-state index contributed by atoms with van der Waals surface area (Å²) in [4.78, 5) is 8.69. The van der Waals surface area contributed by atoms with Crippen molar-refractivity contribution in [2.45, 2.75) is 33.3 Å². The van der Waals surface area contributed by atoms with Crippen molar-refractivity contribution in [1.29, 1.82) is 0 Å². The van der Waals surface area contributed by atoms with Crippen LogP contribution in [0.15, 0.2) is 23.8 Å². The second-order valence-corrected chi connectivity index (χ2v) is 2.91. The average molecular weight is 578 g/mol. The number of allylic oxidation sites excluding steroid dienone is 2. The molecule has 0 amide bonds. The number of hydrogen-bond donors (Lipinski definition) is 0. The first-order valence-electron chi connectivity index (χ1n) is 5.09. The maximum absolute atomic E-state index is 8.69. The molecule has 0 aromatic carbocycles. The molecule has 1 rings (SSSR count). The number of hydrogen-bond acceptors (Lipinski definition) is 2. The van der Waals surface area contributed by atoms with Crippen molar-refractivity contribution in [1.82, 2.24) is 0 Å². The molecule has 0 radical (unpaired) electrons. The molecule has 0 aromatic heterocycles. The molecule has 0 saturated heterocycles. The second-order valence-electron chi connectivity index (χ2n) is 2.91. The van der Waals surface area contributed by atoms with E-state index in [1.165, 1.54) is 5.57 Å². The van der Waals surface area contributed by atoms with E-state index in [9.17, 15) is 0 Å². The Morgan fingerprint density at radius 3 is 2.06 bits per heavy atom. The first-order valence-corrected chi connectivity index (χ1v) is 5.09. The van der Waals surface area contributed by atoms with Gasteiger partial charge < -0.3 is 23.4 Å². The molecule has 0 saturated carbocycles. The number of carbonyl (C=O) groups excluding carboxylic acids is 1. The molecule has 0 bridgehead atoms. The molecule has 0 N–H and O–H groups in total. The van der Waals surface area contributed by atoms with Crippen LogP contribution in [0.3, 0.4) is 0 Å². The average Bonchev–Trinajstić information content (AvgIpc) is 2.55. The van der Waals surface area contributed by atoms with E-state index in [0.29, 0.717) is 6.29 Å². The van der Waals surface area contributed by atoms with Crippen LogP contribution in [-0.4, -0.2) is 19.0 Å². The quantitative estimate of drug-likeness (QED) is 0.272. The summed E-state index contributed by atoms with van der Waals surface area (Å²) in [5, 5.41) is 0. The number of aldehydes is 1. The molecule has 1 atom stereocenters. The van der Waals surface area contributed by atoms with Crippen molar-refractivity contribution in [3.63, 3.8) is 0 Å². The van der Waals surface area contributed by atoms with Gasteiger partial charge in [-0.2, -0.15) is 0 Å². The van der Waals surface area contributed by atoms with Crippen LogP contribution in [0.25, 0.3) is 0 Å². The maximum atomic E-state index is 8.69. The number of rotatable bonds is 1. The van der Waals surface area contributed by atoms with Gasteiger partial charge in [0.15, 0.2) is 0 Å². The second kappa shape index (κ2) is 21.6. The number of carbonyl (C=O) groups is 1. The van der Waals surface area contributed by atoms with Gasteiger partial charge in [-0.1, -0.05) is 30.7 Å². The number of ether oxygens (including phenoxy) is 1. The molecular formula is C13H22O2W2-2. The topological polar surface area (TPSA) is 26.3 Å². The summed E-state index contributed by atoms with van der Waals surface area (Å²) in [6.45, 7) is 13.5. The van der Waals surface area contributed by atoms with Gasteiger partial charge in [-0.15, -0.1) is 0 Å². The molecule has 0 aliphatic carbocycles. The van der Waals surface area contributed by atoms with Crippen LogP contribution in [0.4, 0.5) is 0 Å². The fraction of sp³-hybridized carbons (Fsp3) is 0.462. The van der Waals surface area contributed by atoms with E-state index in [4.69, 9.17) is 9.53 Å². The Balaban J connectivity index is -0.0000000765. The van der Waals surface area contributed by atoms with Crippen molar-refractivity contribution in [2.24, 2.45) is 0 Å².